The average Bonchev–Trinajstić information content (AvgIpc) is 2.18. The molecule has 0 nitrogen and oxygen atoms in total. The van der Waals surface area contributed by atoms with Crippen molar-refractivity contribution in [1.82, 2.24) is 0 Å². The van der Waals surface area contributed by atoms with E-state index < -0.39 is 0 Å². The molecule has 2 heteroatoms. The van der Waals surface area contributed by atoms with Crippen LogP contribution >= 0.6 is 45.2 Å². The average molecular weight is 406 g/mol. The molecule has 0 spiro atoms. The van der Waals surface area contributed by atoms with Crippen molar-refractivity contribution < 1.29 is 0 Å². The van der Waals surface area contributed by atoms with E-state index in [1.54, 1.807) is 0 Å². The number of benzene rings is 2. The molecule has 0 amide bonds. The molecule has 2 aromatic rings. The summed E-state index contributed by atoms with van der Waals surface area (Å²) in [5.41, 5.74) is 2.57. The lowest BCUT2D eigenvalue weighted by atomic mass is 10.1. The van der Waals surface area contributed by atoms with Crippen LogP contribution in [0.25, 0.3) is 11.1 Å². The van der Waals surface area contributed by atoms with Gasteiger partial charge in [-0.25, -0.2) is 0 Å². The van der Waals surface area contributed by atoms with Gasteiger partial charge in [-0.1, -0.05) is 30.3 Å². The Morgan fingerprint density at radius 1 is 0.643 bits per heavy atom. The summed E-state index contributed by atoms with van der Waals surface area (Å²) >= 11 is 4.71. The van der Waals surface area contributed by atoms with Crippen LogP contribution in [0.5, 0.6) is 0 Å². The van der Waals surface area contributed by atoms with Crippen LogP contribution in [0.2, 0.25) is 0 Å². The van der Waals surface area contributed by atoms with Crippen LogP contribution in [0.15, 0.2) is 48.5 Å². The molecule has 0 N–H and O–H groups in total. The molecule has 0 radical (unpaired) electrons. The third kappa shape index (κ3) is 2.48. The summed E-state index contributed by atoms with van der Waals surface area (Å²) in [6.07, 6.45) is 0. The molecule has 0 atom stereocenters. The van der Waals surface area contributed by atoms with Crippen LogP contribution in [0, 0.1) is 7.14 Å². The van der Waals surface area contributed by atoms with Crippen LogP contribution in [0.4, 0.5) is 0 Å². The topological polar surface area (TPSA) is 0 Å². The largest absolute Gasteiger partial charge is 0.0622 e. The number of rotatable bonds is 1. The smallest absolute Gasteiger partial charge is 0.0147 e. The number of halogens is 2. The highest BCUT2D eigenvalue weighted by Gasteiger charge is 1.99. The van der Waals surface area contributed by atoms with E-state index in [1.807, 2.05) is 6.07 Å². The van der Waals surface area contributed by atoms with Crippen molar-refractivity contribution in [3.63, 3.8) is 0 Å². The Hall–Kier alpha value is -0.100. The zero-order valence-electron chi connectivity index (χ0n) is 7.37. The first kappa shape index (κ1) is 10.4. The molecule has 0 aliphatic heterocycles. The lowest BCUT2D eigenvalue weighted by Gasteiger charge is -2.03. The van der Waals surface area contributed by atoms with E-state index in [9.17, 15) is 0 Å². The van der Waals surface area contributed by atoms with E-state index >= 15 is 0 Å². The highest BCUT2D eigenvalue weighted by Crippen LogP contribution is 2.23. The second-order valence-electron chi connectivity index (χ2n) is 3.02. The summed E-state index contributed by atoms with van der Waals surface area (Å²) in [5, 5.41) is 0. The van der Waals surface area contributed by atoms with E-state index in [0.29, 0.717) is 0 Å². The normalized spacial score (nSPS) is 10.1. The van der Waals surface area contributed by atoms with Crippen LogP contribution in [0.1, 0.15) is 0 Å². The van der Waals surface area contributed by atoms with Gasteiger partial charge in [-0.2, -0.15) is 0 Å². The molecule has 0 bridgehead atoms. The summed E-state index contributed by atoms with van der Waals surface area (Å²) < 4.78 is 2.57. The first-order valence-electron chi connectivity index (χ1n) is 4.27. The van der Waals surface area contributed by atoms with Gasteiger partial charge in [0.05, 0.1) is 0 Å². The van der Waals surface area contributed by atoms with Crippen molar-refractivity contribution in [2.24, 2.45) is 0 Å². The van der Waals surface area contributed by atoms with Gasteiger partial charge in [0.15, 0.2) is 0 Å². The third-order valence-electron chi connectivity index (χ3n) is 1.97. The van der Waals surface area contributed by atoms with Crippen molar-refractivity contribution in [1.29, 1.82) is 0 Å². The Morgan fingerprint density at radius 2 is 1.21 bits per heavy atom. The van der Waals surface area contributed by atoms with E-state index in [-0.39, 0.29) is 0 Å². The predicted molar refractivity (Wildman–Crippen MR) is 77.3 cm³/mol. The molecule has 2 aromatic carbocycles. The predicted octanol–water partition coefficient (Wildman–Crippen LogP) is 4.56. The molecular formula is C12H8I2. The Bertz CT molecular complexity index is 415. The fourth-order valence-corrected chi connectivity index (χ4v) is 3.29. The zero-order valence-corrected chi connectivity index (χ0v) is 11.7. The molecule has 0 saturated heterocycles. The maximum atomic E-state index is 2.35. The SMILES string of the molecule is Ic1cc(I)cc(-c2ccccc2)c1. The molecule has 0 heterocycles. The van der Waals surface area contributed by atoms with Gasteiger partial charge in [-0.15, -0.1) is 0 Å². The molecule has 0 saturated carbocycles. The molecule has 0 aliphatic rings. The molecule has 0 unspecified atom stereocenters. The molecule has 14 heavy (non-hydrogen) atoms. The number of hydrogen-bond donors (Lipinski definition) is 0. The second kappa shape index (κ2) is 4.61. The lowest BCUT2D eigenvalue weighted by Crippen LogP contribution is -1.81. The standard InChI is InChI=1S/C12H8I2/c13-11-6-10(7-12(14)8-11)9-4-2-1-3-5-9/h1-8H. The van der Waals surface area contributed by atoms with E-state index in [2.05, 4.69) is 87.6 Å². The second-order valence-corrected chi connectivity index (χ2v) is 5.52. The van der Waals surface area contributed by atoms with Gasteiger partial charge in [0.25, 0.3) is 0 Å². The summed E-state index contributed by atoms with van der Waals surface area (Å²) in [5.74, 6) is 0. The van der Waals surface area contributed by atoms with E-state index in [0.717, 1.165) is 0 Å². The van der Waals surface area contributed by atoms with Crippen LogP contribution in [-0.4, -0.2) is 0 Å². The quantitative estimate of drug-likeness (QED) is 0.610. The summed E-state index contributed by atoms with van der Waals surface area (Å²) in [4.78, 5) is 0. The van der Waals surface area contributed by atoms with Crippen molar-refractivity contribution in [3.8, 4) is 11.1 Å². The third-order valence-corrected chi connectivity index (χ3v) is 3.22. The fraction of sp³-hybridized carbons (Fsp3) is 0. The van der Waals surface area contributed by atoms with Gasteiger partial charge in [0.2, 0.25) is 0 Å². The minimum Gasteiger partial charge on any atom is -0.0622 e. The van der Waals surface area contributed by atoms with Crippen molar-refractivity contribution >= 4 is 45.2 Å². The van der Waals surface area contributed by atoms with Gasteiger partial charge < -0.3 is 0 Å². The lowest BCUT2D eigenvalue weighted by molar-refractivity contribution is 1.56. The first-order valence-corrected chi connectivity index (χ1v) is 6.43. The zero-order chi connectivity index (χ0) is 9.97. The van der Waals surface area contributed by atoms with Crippen molar-refractivity contribution in [3.05, 3.63) is 55.7 Å². The highest BCUT2D eigenvalue weighted by atomic mass is 127. The molecular weight excluding hydrogens is 398 g/mol. The fourth-order valence-electron chi connectivity index (χ4n) is 1.35. The first-order chi connectivity index (χ1) is 6.75. The number of hydrogen-bond acceptors (Lipinski definition) is 0. The monoisotopic (exact) mass is 406 g/mol. The van der Waals surface area contributed by atoms with Crippen LogP contribution in [-0.2, 0) is 0 Å². The van der Waals surface area contributed by atoms with Gasteiger partial charge >= 0.3 is 0 Å². The van der Waals surface area contributed by atoms with Crippen molar-refractivity contribution in [2.75, 3.05) is 0 Å². The van der Waals surface area contributed by atoms with Gasteiger partial charge in [-0.3, -0.25) is 0 Å². The minimum atomic E-state index is 1.28. The molecule has 70 valence electrons. The van der Waals surface area contributed by atoms with Crippen LogP contribution < -0.4 is 0 Å². The molecule has 2 rings (SSSR count). The molecule has 0 aliphatic carbocycles. The van der Waals surface area contributed by atoms with Gasteiger partial charge in [-0.05, 0) is 74.5 Å². The maximum absolute atomic E-state index is 2.35. The summed E-state index contributed by atoms with van der Waals surface area (Å²) in [6, 6.07) is 17.1. The van der Waals surface area contributed by atoms with E-state index in [4.69, 9.17) is 0 Å². The molecule has 0 aromatic heterocycles. The van der Waals surface area contributed by atoms with Gasteiger partial charge in [0, 0.05) is 7.14 Å². The Labute approximate surface area is 111 Å². The Kier molecular flexibility index (Phi) is 3.43. The van der Waals surface area contributed by atoms with Crippen molar-refractivity contribution in [2.45, 2.75) is 0 Å². The molecule has 0 fully saturated rings. The summed E-state index contributed by atoms with van der Waals surface area (Å²) in [6.45, 7) is 0. The van der Waals surface area contributed by atoms with Crippen LogP contribution in [0.3, 0.4) is 0 Å². The highest BCUT2D eigenvalue weighted by molar-refractivity contribution is 14.1. The Morgan fingerprint density at radius 3 is 1.79 bits per heavy atom. The van der Waals surface area contributed by atoms with Gasteiger partial charge in [0.1, 0.15) is 0 Å². The minimum absolute atomic E-state index is 1.28. The Balaban J connectivity index is 2.52. The maximum Gasteiger partial charge on any atom is 0.0147 e. The van der Waals surface area contributed by atoms with E-state index in [1.165, 1.54) is 18.3 Å². The summed E-state index contributed by atoms with van der Waals surface area (Å²) in [7, 11) is 0.